The lowest BCUT2D eigenvalue weighted by molar-refractivity contribution is -0.119. The predicted molar refractivity (Wildman–Crippen MR) is 82.2 cm³/mol. The average Bonchev–Trinajstić information content (AvgIpc) is 2.59. The van der Waals surface area contributed by atoms with Crippen molar-refractivity contribution in [3.8, 4) is 0 Å². The van der Waals surface area contributed by atoms with Crippen LogP contribution >= 0.6 is 15.9 Å². The number of unbranched alkanes of at least 4 members (excludes halogenated alkanes) is 1. The Balaban J connectivity index is 2.24. The number of hydrogen-bond donors (Lipinski definition) is 0. The smallest absolute Gasteiger partial charge is 0.134 e. The first-order valence-electron chi connectivity index (χ1n) is 7.22. The second-order valence-electron chi connectivity index (χ2n) is 5.27. The zero-order chi connectivity index (χ0) is 13.7. The van der Waals surface area contributed by atoms with Crippen molar-refractivity contribution in [3.05, 3.63) is 34.3 Å². The maximum atomic E-state index is 12.0. The molecule has 1 heterocycles. The molecule has 0 spiro atoms. The van der Waals surface area contributed by atoms with E-state index in [0.717, 1.165) is 30.4 Å². The first-order valence-corrected chi connectivity index (χ1v) is 8.02. The van der Waals surface area contributed by atoms with Crippen molar-refractivity contribution < 1.29 is 4.79 Å². The van der Waals surface area contributed by atoms with E-state index < -0.39 is 0 Å². The Bertz CT molecular complexity index is 433. The molecule has 1 saturated heterocycles. The zero-order valence-corrected chi connectivity index (χ0v) is 13.2. The highest BCUT2D eigenvalue weighted by molar-refractivity contribution is 9.10. The van der Waals surface area contributed by atoms with E-state index >= 15 is 0 Å². The maximum absolute atomic E-state index is 12.0. The second-order valence-corrected chi connectivity index (χ2v) is 6.13. The van der Waals surface area contributed by atoms with Gasteiger partial charge in [0.2, 0.25) is 0 Å². The summed E-state index contributed by atoms with van der Waals surface area (Å²) in [5.41, 5.74) is 1.26. The third-order valence-corrected chi connectivity index (χ3v) is 4.55. The Kier molecular flexibility index (Phi) is 5.59. The molecule has 0 radical (unpaired) electrons. The summed E-state index contributed by atoms with van der Waals surface area (Å²) >= 11 is 3.63. The van der Waals surface area contributed by atoms with Gasteiger partial charge in [0.1, 0.15) is 5.78 Å². The number of hydrogen-bond acceptors (Lipinski definition) is 2. The van der Waals surface area contributed by atoms with Crippen LogP contribution in [0.1, 0.15) is 50.6 Å². The molecule has 1 aromatic rings. The van der Waals surface area contributed by atoms with Crippen LogP contribution in [0.2, 0.25) is 0 Å². The highest BCUT2D eigenvalue weighted by Gasteiger charge is 2.26. The Morgan fingerprint density at radius 1 is 1.37 bits per heavy atom. The number of Topliss-reactive ketones (excluding diaryl/α,β-unsaturated/α-hetero) is 1. The molecule has 1 aromatic carbocycles. The molecule has 3 heteroatoms. The SMILES string of the molecule is CCCCN1CCCC(=O)CC1c1ccccc1Br. The molecule has 1 aliphatic rings. The van der Waals surface area contributed by atoms with Crippen molar-refractivity contribution in [1.82, 2.24) is 4.90 Å². The van der Waals surface area contributed by atoms with Crippen LogP contribution < -0.4 is 0 Å². The minimum Gasteiger partial charge on any atom is -0.300 e. The van der Waals surface area contributed by atoms with E-state index in [9.17, 15) is 4.79 Å². The fraction of sp³-hybridized carbons (Fsp3) is 0.562. The molecular formula is C16H22BrNO. The molecule has 0 aromatic heterocycles. The fourth-order valence-corrected chi connectivity index (χ4v) is 3.31. The molecule has 104 valence electrons. The van der Waals surface area contributed by atoms with Crippen LogP contribution in [0.3, 0.4) is 0 Å². The van der Waals surface area contributed by atoms with E-state index in [1.165, 1.54) is 18.4 Å². The molecular weight excluding hydrogens is 302 g/mol. The average molecular weight is 324 g/mol. The highest BCUT2D eigenvalue weighted by Crippen LogP contribution is 2.33. The van der Waals surface area contributed by atoms with Crippen molar-refractivity contribution >= 4 is 21.7 Å². The minimum absolute atomic E-state index is 0.247. The molecule has 1 aliphatic heterocycles. The van der Waals surface area contributed by atoms with Gasteiger partial charge in [-0.15, -0.1) is 0 Å². The van der Waals surface area contributed by atoms with Crippen LogP contribution in [0.4, 0.5) is 0 Å². The minimum atomic E-state index is 0.247. The van der Waals surface area contributed by atoms with Gasteiger partial charge in [0.15, 0.2) is 0 Å². The van der Waals surface area contributed by atoms with Crippen molar-refractivity contribution in [1.29, 1.82) is 0 Å². The standard InChI is InChI=1S/C16H22BrNO/c1-2-3-10-18-11-6-7-13(19)12-16(18)14-8-4-5-9-15(14)17/h4-5,8-9,16H,2-3,6-7,10-12H2,1H3. The lowest BCUT2D eigenvalue weighted by Gasteiger charge is -2.30. The summed E-state index contributed by atoms with van der Waals surface area (Å²) in [5, 5.41) is 0. The zero-order valence-electron chi connectivity index (χ0n) is 11.6. The van der Waals surface area contributed by atoms with E-state index in [1.54, 1.807) is 0 Å². The van der Waals surface area contributed by atoms with Crippen LogP contribution in [0.15, 0.2) is 28.7 Å². The van der Waals surface area contributed by atoms with Crippen molar-refractivity contribution in [3.63, 3.8) is 0 Å². The summed E-state index contributed by atoms with van der Waals surface area (Å²) in [5.74, 6) is 0.403. The number of carbonyl (C=O) groups excluding carboxylic acids is 1. The molecule has 0 amide bonds. The number of rotatable bonds is 4. The summed E-state index contributed by atoms with van der Waals surface area (Å²) in [4.78, 5) is 14.5. The molecule has 1 unspecified atom stereocenters. The molecule has 0 aliphatic carbocycles. The Morgan fingerprint density at radius 2 is 2.16 bits per heavy atom. The Hall–Kier alpha value is -0.670. The number of carbonyl (C=O) groups is 1. The summed E-state index contributed by atoms with van der Waals surface area (Å²) in [6.07, 6.45) is 4.81. The van der Waals surface area contributed by atoms with Crippen LogP contribution in [0, 0.1) is 0 Å². The number of benzene rings is 1. The topological polar surface area (TPSA) is 20.3 Å². The summed E-state index contributed by atoms with van der Waals surface area (Å²) < 4.78 is 1.12. The lowest BCUT2D eigenvalue weighted by Crippen LogP contribution is -2.30. The quantitative estimate of drug-likeness (QED) is 0.821. The monoisotopic (exact) mass is 323 g/mol. The van der Waals surface area contributed by atoms with Crippen LogP contribution in [-0.2, 0) is 4.79 Å². The first-order chi connectivity index (χ1) is 9.22. The first kappa shape index (κ1) is 14.7. The van der Waals surface area contributed by atoms with Gasteiger partial charge < -0.3 is 0 Å². The molecule has 0 saturated carbocycles. The van der Waals surface area contributed by atoms with E-state index in [4.69, 9.17) is 0 Å². The van der Waals surface area contributed by atoms with E-state index in [-0.39, 0.29) is 6.04 Å². The third-order valence-electron chi connectivity index (χ3n) is 3.83. The molecule has 0 bridgehead atoms. The molecule has 2 rings (SSSR count). The maximum Gasteiger partial charge on any atom is 0.134 e. The van der Waals surface area contributed by atoms with Gasteiger partial charge in [-0.25, -0.2) is 0 Å². The second kappa shape index (κ2) is 7.20. The number of likely N-dealkylation sites (tertiary alicyclic amines) is 1. The molecule has 1 fully saturated rings. The van der Waals surface area contributed by atoms with Crippen LogP contribution in [0.25, 0.3) is 0 Å². The van der Waals surface area contributed by atoms with Crippen molar-refractivity contribution in [2.45, 2.75) is 45.1 Å². The van der Waals surface area contributed by atoms with Crippen LogP contribution in [-0.4, -0.2) is 23.8 Å². The van der Waals surface area contributed by atoms with Gasteiger partial charge in [-0.3, -0.25) is 9.69 Å². The molecule has 2 nitrogen and oxygen atoms in total. The summed E-state index contributed by atoms with van der Waals surface area (Å²) in [6, 6.07) is 8.56. The molecule has 0 N–H and O–H groups in total. The number of halogens is 1. The third kappa shape index (κ3) is 3.90. The van der Waals surface area contributed by atoms with Gasteiger partial charge in [-0.1, -0.05) is 47.5 Å². The number of ketones is 1. The van der Waals surface area contributed by atoms with Crippen molar-refractivity contribution in [2.75, 3.05) is 13.1 Å². The largest absolute Gasteiger partial charge is 0.300 e. The lowest BCUT2D eigenvalue weighted by atomic mass is 10.00. The van der Waals surface area contributed by atoms with E-state index in [1.807, 2.05) is 6.07 Å². The van der Waals surface area contributed by atoms with E-state index in [2.05, 4.69) is 46.0 Å². The van der Waals surface area contributed by atoms with E-state index in [0.29, 0.717) is 12.2 Å². The van der Waals surface area contributed by atoms with Gasteiger partial charge >= 0.3 is 0 Å². The highest BCUT2D eigenvalue weighted by atomic mass is 79.9. The van der Waals surface area contributed by atoms with Gasteiger partial charge in [-0.2, -0.15) is 0 Å². The van der Waals surface area contributed by atoms with Gasteiger partial charge in [0, 0.05) is 23.4 Å². The van der Waals surface area contributed by atoms with Crippen LogP contribution in [0.5, 0.6) is 0 Å². The van der Waals surface area contributed by atoms with Gasteiger partial charge in [-0.05, 0) is 37.6 Å². The Labute approximate surface area is 124 Å². The molecule has 19 heavy (non-hydrogen) atoms. The summed E-state index contributed by atoms with van der Waals surface area (Å²) in [7, 11) is 0. The van der Waals surface area contributed by atoms with Gasteiger partial charge in [0.25, 0.3) is 0 Å². The molecule has 1 atom stereocenters. The predicted octanol–water partition coefficient (Wildman–Crippen LogP) is 4.35. The fourth-order valence-electron chi connectivity index (χ4n) is 2.76. The van der Waals surface area contributed by atoms with Gasteiger partial charge in [0.05, 0.1) is 0 Å². The summed E-state index contributed by atoms with van der Waals surface area (Å²) in [6.45, 7) is 4.35. The van der Waals surface area contributed by atoms with Crippen molar-refractivity contribution in [2.24, 2.45) is 0 Å². The normalized spacial score (nSPS) is 21.4. The Morgan fingerprint density at radius 3 is 2.89 bits per heavy atom. The number of nitrogens with zero attached hydrogens (tertiary/aromatic N) is 1.